The predicted octanol–water partition coefficient (Wildman–Crippen LogP) is 1.69. The van der Waals surface area contributed by atoms with E-state index in [1.165, 1.54) is 11.4 Å². The average molecular weight is 306 g/mol. The Balaban J connectivity index is 2.68. The van der Waals surface area contributed by atoms with Gasteiger partial charge in [-0.05, 0) is 38.0 Å². The molecule has 1 N–H and O–H groups in total. The fourth-order valence-electron chi connectivity index (χ4n) is 2.78. The summed E-state index contributed by atoms with van der Waals surface area (Å²) in [5, 5.41) is 9.77. The lowest BCUT2D eigenvalue weighted by Gasteiger charge is -2.39. The van der Waals surface area contributed by atoms with Gasteiger partial charge in [-0.2, -0.15) is 17.0 Å². The van der Waals surface area contributed by atoms with Crippen LogP contribution in [0.3, 0.4) is 0 Å². The molecule has 1 fully saturated rings. The van der Waals surface area contributed by atoms with Crippen molar-refractivity contribution < 1.29 is 13.5 Å². The van der Waals surface area contributed by atoms with Crippen molar-refractivity contribution in [3.05, 3.63) is 0 Å². The summed E-state index contributed by atoms with van der Waals surface area (Å²) < 4.78 is 27.7. The zero-order chi connectivity index (χ0) is 15.8. The van der Waals surface area contributed by atoms with E-state index >= 15 is 0 Å². The Morgan fingerprint density at radius 2 is 1.60 bits per heavy atom. The molecule has 0 unspecified atom stereocenters. The third-order valence-electron chi connectivity index (χ3n) is 4.01. The summed E-state index contributed by atoms with van der Waals surface area (Å²) in [5.74, 6) is 0.563. The molecular weight excluding hydrogens is 276 g/mol. The molecule has 1 aliphatic rings. The second-order valence-corrected chi connectivity index (χ2v) is 9.65. The van der Waals surface area contributed by atoms with Crippen LogP contribution in [0.1, 0.15) is 47.5 Å². The molecule has 1 heterocycles. The first-order chi connectivity index (χ1) is 8.84. The van der Waals surface area contributed by atoms with Gasteiger partial charge in [0.1, 0.15) is 0 Å². The molecule has 120 valence electrons. The molecule has 5 nitrogen and oxygen atoms in total. The minimum atomic E-state index is -3.46. The first-order valence-electron chi connectivity index (χ1n) is 7.28. The normalized spacial score (nSPS) is 20.6. The fourth-order valence-corrected chi connectivity index (χ4v) is 4.32. The quantitative estimate of drug-likeness (QED) is 0.860. The van der Waals surface area contributed by atoms with Gasteiger partial charge in [0.25, 0.3) is 10.2 Å². The lowest BCUT2D eigenvalue weighted by atomic mass is 9.76. The second kappa shape index (κ2) is 5.91. The topological polar surface area (TPSA) is 60.9 Å². The van der Waals surface area contributed by atoms with Gasteiger partial charge in [0.2, 0.25) is 0 Å². The van der Waals surface area contributed by atoms with E-state index in [4.69, 9.17) is 0 Å². The number of aliphatic hydroxyl groups is 1. The molecule has 0 atom stereocenters. The van der Waals surface area contributed by atoms with Gasteiger partial charge >= 0.3 is 0 Å². The van der Waals surface area contributed by atoms with Gasteiger partial charge in [-0.15, -0.1) is 0 Å². The summed E-state index contributed by atoms with van der Waals surface area (Å²) in [7, 11) is -1.93. The van der Waals surface area contributed by atoms with Gasteiger partial charge in [-0.25, -0.2) is 0 Å². The molecule has 0 aromatic carbocycles. The summed E-state index contributed by atoms with van der Waals surface area (Å²) in [6.45, 7) is 11.1. The van der Waals surface area contributed by atoms with Gasteiger partial charge in [-0.1, -0.05) is 20.8 Å². The molecule has 0 saturated carbocycles. The predicted molar refractivity (Wildman–Crippen MR) is 81.6 cm³/mol. The van der Waals surface area contributed by atoms with Gasteiger partial charge in [0.15, 0.2) is 0 Å². The van der Waals surface area contributed by atoms with E-state index in [2.05, 4.69) is 20.8 Å². The van der Waals surface area contributed by atoms with Crippen LogP contribution in [0.4, 0.5) is 0 Å². The molecule has 0 aromatic rings. The molecule has 20 heavy (non-hydrogen) atoms. The Kier molecular flexibility index (Phi) is 5.28. The van der Waals surface area contributed by atoms with Gasteiger partial charge in [-0.3, -0.25) is 0 Å². The number of likely N-dealkylation sites (N-methyl/N-ethyl adjacent to an activating group) is 1. The zero-order valence-corrected chi connectivity index (χ0v) is 14.5. The Labute approximate surface area is 124 Å². The van der Waals surface area contributed by atoms with Crippen LogP contribution in [0.15, 0.2) is 0 Å². The van der Waals surface area contributed by atoms with Crippen molar-refractivity contribution >= 4 is 10.2 Å². The van der Waals surface area contributed by atoms with Gasteiger partial charge in [0, 0.05) is 26.7 Å². The van der Waals surface area contributed by atoms with Crippen molar-refractivity contribution in [1.82, 2.24) is 8.61 Å². The third-order valence-corrected chi connectivity index (χ3v) is 5.94. The van der Waals surface area contributed by atoms with Crippen molar-refractivity contribution in [2.75, 3.05) is 26.7 Å². The standard InChI is InChI=1S/C14H30N2O3S/c1-13(2,3)12-7-9-16(10-8-12)20(18,19)15(6)11-14(4,5)17/h12,17H,7-11H2,1-6H3. The number of piperidine rings is 1. The fraction of sp³-hybridized carbons (Fsp3) is 1.00. The van der Waals surface area contributed by atoms with Crippen LogP contribution in [0.25, 0.3) is 0 Å². The summed E-state index contributed by atoms with van der Waals surface area (Å²) in [6, 6.07) is 0. The molecule has 0 amide bonds. The van der Waals surface area contributed by atoms with Crippen LogP contribution in [-0.2, 0) is 10.2 Å². The highest BCUT2D eigenvalue weighted by atomic mass is 32.2. The number of hydrogen-bond acceptors (Lipinski definition) is 3. The lowest BCUT2D eigenvalue weighted by Crippen LogP contribution is -2.50. The molecule has 0 radical (unpaired) electrons. The molecule has 0 spiro atoms. The smallest absolute Gasteiger partial charge is 0.281 e. The minimum Gasteiger partial charge on any atom is -0.389 e. The maximum absolute atomic E-state index is 12.5. The van der Waals surface area contributed by atoms with Crippen LogP contribution in [0, 0.1) is 11.3 Å². The Bertz CT molecular complexity index is 413. The molecular formula is C14H30N2O3S. The number of nitrogens with zero attached hydrogens (tertiary/aromatic N) is 2. The summed E-state index contributed by atoms with van der Waals surface area (Å²) in [4.78, 5) is 0. The van der Waals surface area contributed by atoms with E-state index in [1.807, 2.05) is 0 Å². The highest BCUT2D eigenvalue weighted by molar-refractivity contribution is 7.86. The van der Waals surface area contributed by atoms with Crippen molar-refractivity contribution in [2.24, 2.45) is 11.3 Å². The van der Waals surface area contributed by atoms with E-state index in [1.54, 1.807) is 18.2 Å². The maximum atomic E-state index is 12.5. The van der Waals surface area contributed by atoms with Crippen molar-refractivity contribution in [1.29, 1.82) is 0 Å². The van der Waals surface area contributed by atoms with E-state index in [-0.39, 0.29) is 12.0 Å². The molecule has 0 aliphatic carbocycles. The number of hydrogen-bond donors (Lipinski definition) is 1. The summed E-state index contributed by atoms with van der Waals surface area (Å²) >= 11 is 0. The highest BCUT2D eigenvalue weighted by Crippen LogP contribution is 2.35. The Hall–Kier alpha value is -0.170. The summed E-state index contributed by atoms with van der Waals surface area (Å²) in [6.07, 6.45) is 1.80. The van der Waals surface area contributed by atoms with Crippen LogP contribution < -0.4 is 0 Å². The van der Waals surface area contributed by atoms with Crippen molar-refractivity contribution in [3.63, 3.8) is 0 Å². The van der Waals surface area contributed by atoms with Crippen LogP contribution in [-0.4, -0.2) is 54.4 Å². The first kappa shape index (κ1) is 17.9. The Morgan fingerprint density at radius 3 is 1.95 bits per heavy atom. The van der Waals surface area contributed by atoms with Crippen LogP contribution in [0.5, 0.6) is 0 Å². The molecule has 0 bridgehead atoms. The monoisotopic (exact) mass is 306 g/mol. The van der Waals surface area contributed by atoms with Crippen LogP contribution in [0.2, 0.25) is 0 Å². The van der Waals surface area contributed by atoms with E-state index in [0.717, 1.165) is 12.8 Å². The van der Waals surface area contributed by atoms with E-state index < -0.39 is 15.8 Å². The molecule has 0 aromatic heterocycles. The first-order valence-corrected chi connectivity index (χ1v) is 8.67. The average Bonchev–Trinajstić information content (AvgIpc) is 2.25. The lowest BCUT2D eigenvalue weighted by molar-refractivity contribution is 0.0615. The highest BCUT2D eigenvalue weighted by Gasteiger charge is 2.36. The summed E-state index contributed by atoms with van der Waals surface area (Å²) in [5.41, 5.74) is -0.791. The maximum Gasteiger partial charge on any atom is 0.281 e. The van der Waals surface area contributed by atoms with Crippen molar-refractivity contribution in [2.45, 2.75) is 53.1 Å². The number of rotatable bonds is 4. The second-order valence-electron chi connectivity index (χ2n) is 7.62. The zero-order valence-electron chi connectivity index (χ0n) is 13.7. The third kappa shape index (κ3) is 4.69. The van der Waals surface area contributed by atoms with Gasteiger partial charge in [0.05, 0.1) is 5.60 Å². The molecule has 1 rings (SSSR count). The van der Waals surface area contributed by atoms with Gasteiger partial charge < -0.3 is 5.11 Å². The largest absolute Gasteiger partial charge is 0.389 e. The minimum absolute atomic E-state index is 0.106. The molecule has 6 heteroatoms. The SMILES string of the molecule is CN(CC(C)(C)O)S(=O)(=O)N1CCC(C(C)(C)C)CC1. The van der Waals surface area contributed by atoms with E-state index in [0.29, 0.717) is 19.0 Å². The van der Waals surface area contributed by atoms with E-state index in [9.17, 15) is 13.5 Å². The van der Waals surface area contributed by atoms with Crippen molar-refractivity contribution in [3.8, 4) is 0 Å². The molecule has 1 saturated heterocycles. The Morgan fingerprint density at radius 1 is 1.15 bits per heavy atom. The van der Waals surface area contributed by atoms with Crippen LogP contribution >= 0.6 is 0 Å². The molecule has 1 aliphatic heterocycles.